The Morgan fingerprint density at radius 1 is 1.10 bits per heavy atom. The summed E-state index contributed by atoms with van der Waals surface area (Å²) in [5.74, 6) is 0.649. The van der Waals surface area contributed by atoms with Crippen LogP contribution in [0.15, 0.2) is 66.1 Å². The summed E-state index contributed by atoms with van der Waals surface area (Å²) in [6, 6.07) is 13.1. The van der Waals surface area contributed by atoms with Crippen molar-refractivity contribution in [2.75, 3.05) is 24.8 Å². The molecule has 0 aliphatic heterocycles. The van der Waals surface area contributed by atoms with Gasteiger partial charge < -0.3 is 14.8 Å². The quantitative estimate of drug-likeness (QED) is 0.524. The highest BCUT2D eigenvalue weighted by molar-refractivity contribution is 7.99. The lowest BCUT2D eigenvalue weighted by Gasteiger charge is -2.10. The Bertz CT molecular complexity index is 973. The van der Waals surface area contributed by atoms with Gasteiger partial charge in [-0.25, -0.2) is 4.98 Å². The standard InChI is InChI=1S/C20H18F3N3O3S/c1-28-16-8-4-15(5-9-16)26-11-10-24-19(26)30-12-18(27)25-14-2-6-17(7-3-14)29-13-20(21,22)23/h2-11H,12-13H2,1H3,(H,25,27). The van der Waals surface area contributed by atoms with E-state index in [-0.39, 0.29) is 17.4 Å². The van der Waals surface area contributed by atoms with Gasteiger partial charge in [0, 0.05) is 23.8 Å². The van der Waals surface area contributed by atoms with Gasteiger partial charge in [0.15, 0.2) is 11.8 Å². The van der Waals surface area contributed by atoms with Crippen LogP contribution < -0.4 is 14.8 Å². The summed E-state index contributed by atoms with van der Waals surface area (Å²) in [6.45, 7) is -1.36. The molecule has 1 heterocycles. The highest BCUT2D eigenvalue weighted by atomic mass is 32.2. The lowest BCUT2D eigenvalue weighted by Crippen LogP contribution is -2.19. The van der Waals surface area contributed by atoms with Crippen LogP contribution in [0.4, 0.5) is 18.9 Å². The first kappa shape index (κ1) is 21.6. The molecule has 0 unspecified atom stereocenters. The number of benzene rings is 2. The maximum atomic E-state index is 12.2. The van der Waals surface area contributed by atoms with Crippen LogP contribution in [0.3, 0.4) is 0 Å². The van der Waals surface area contributed by atoms with Crippen LogP contribution in [0, 0.1) is 0 Å². The van der Waals surface area contributed by atoms with Crippen molar-refractivity contribution in [3.8, 4) is 17.2 Å². The summed E-state index contributed by atoms with van der Waals surface area (Å²) in [4.78, 5) is 16.5. The number of carbonyl (C=O) groups excluding carboxylic acids is 1. The fraction of sp³-hybridized carbons (Fsp3) is 0.200. The van der Waals surface area contributed by atoms with Crippen molar-refractivity contribution in [2.24, 2.45) is 0 Å². The van der Waals surface area contributed by atoms with E-state index in [4.69, 9.17) is 4.74 Å². The predicted octanol–water partition coefficient (Wildman–Crippen LogP) is 4.55. The predicted molar refractivity (Wildman–Crippen MR) is 107 cm³/mol. The normalized spacial score (nSPS) is 11.2. The monoisotopic (exact) mass is 437 g/mol. The Balaban J connectivity index is 1.53. The van der Waals surface area contributed by atoms with E-state index in [1.54, 1.807) is 19.5 Å². The highest BCUT2D eigenvalue weighted by Gasteiger charge is 2.28. The Kier molecular flexibility index (Phi) is 6.88. The molecule has 30 heavy (non-hydrogen) atoms. The van der Waals surface area contributed by atoms with Crippen LogP contribution >= 0.6 is 11.8 Å². The molecule has 0 bridgehead atoms. The molecular weight excluding hydrogens is 419 g/mol. The number of rotatable bonds is 8. The number of methoxy groups -OCH3 is 1. The molecule has 6 nitrogen and oxygen atoms in total. The number of nitrogens with zero attached hydrogens (tertiary/aromatic N) is 2. The number of halogens is 3. The number of aromatic nitrogens is 2. The van der Waals surface area contributed by atoms with E-state index >= 15 is 0 Å². The van der Waals surface area contributed by atoms with E-state index in [9.17, 15) is 18.0 Å². The van der Waals surface area contributed by atoms with Crippen molar-refractivity contribution in [1.29, 1.82) is 0 Å². The van der Waals surface area contributed by atoms with Crippen molar-refractivity contribution >= 4 is 23.4 Å². The third-order valence-corrected chi connectivity index (χ3v) is 4.80. The molecule has 0 saturated carbocycles. The van der Waals surface area contributed by atoms with Crippen molar-refractivity contribution in [1.82, 2.24) is 9.55 Å². The zero-order chi connectivity index (χ0) is 21.6. The minimum atomic E-state index is -4.40. The summed E-state index contributed by atoms with van der Waals surface area (Å²) in [5.41, 5.74) is 1.34. The molecule has 0 saturated heterocycles. The Labute approximate surface area is 175 Å². The van der Waals surface area contributed by atoms with Crippen molar-refractivity contribution in [2.45, 2.75) is 11.3 Å². The molecule has 0 aliphatic rings. The fourth-order valence-electron chi connectivity index (χ4n) is 2.46. The topological polar surface area (TPSA) is 65.4 Å². The molecule has 0 radical (unpaired) electrons. The lowest BCUT2D eigenvalue weighted by atomic mass is 10.3. The minimum absolute atomic E-state index is 0.0706. The van der Waals surface area contributed by atoms with Gasteiger partial charge in [0.1, 0.15) is 11.5 Å². The Morgan fingerprint density at radius 3 is 2.40 bits per heavy atom. The number of amides is 1. The van der Waals surface area contributed by atoms with Crippen LogP contribution in [-0.2, 0) is 4.79 Å². The molecule has 0 fully saturated rings. The SMILES string of the molecule is COc1ccc(-n2ccnc2SCC(=O)Nc2ccc(OCC(F)(F)F)cc2)cc1. The van der Waals surface area contributed by atoms with Crippen molar-refractivity contribution < 1.29 is 27.4 Å². The van der Waals surface area contributed by atoms with Gasteiger partial charge in [-0.2, -0.15) is 13.2 Å². The molecule has 1 N–H and O–H groups in total. The molecule has 1 amide bonds. The van der Waals surface area contributed by atoms with Crippen LogP contribution in [0.25, 0.3) is 5.69 Å². The third kappa shape index (κ3) is 6.18. The smallest absolute Gasteiger partial charge is 0.422 e. The van der Waals surface area contributed by atoms with E-state index in [2.05, 4.69) is 15.0 Å². The number of carbonyl (C=O) groups is 1. The number of hydrogen-bond donors (Lipinski definition) is 1. The van der Waals surface area contributed by atoms with Crippen LogP contribution in [0.5, 0.6) is 11.5 Å². The second kappa shape index (κ2) is 9.57. The van der Waals surface area contributed by atoms with E-state index in [1.807, 2.05) is 28.8 Å². The number of thioether (sulfide) groups is 1. The van der Waals surface area contributed by atoms with Gasteiger partial charge in [0.2, 0.25) is 5.91 Å². The summed E-state index contributed by atoms with van der Waals surface area (Å²) >= 11 is 1.26. The largest absolute Gasteiger partial charge is 0.497 e. The van der Waals surface area contributed by atoms with Gasteiger partial charge in [-0.3, -0.25) is 9.36 Å². The first-order valence-corrected chi connectivity index (χ1v) is 9.73. The van der Waals surface area contributed by atoms with Crippen molar-refractivity contribution in [3.05, 3.63) is 60.9 Å². The summed E-state index contributed by atoms with van der Waals surface area (Å²) < 4.78 is 48.1. The van der Waals surface area contributed by atoms with Crippen LogP contribution in [0.2, 0.25) is 0 Å². The van der Waals surface area contributed by atoms with Gasteiger partial charge in [-0.1, -0.05) is 11.8 Å². The second-order valence-corrected chi connectivity index (χ2v) is 6.99. The minimum Gasteiger partial charge on any atom is -0.497 e. The lowest BCUT2D eigenvalue weighted by molar-refractivity contribution is -0.153. The highest BCUT2D eigenvalue weighted by Crippen LogP contribution is 2.23. The number of nitrogens with one attached hydrogen (secondary N) is 1. The van der Waals surface area contributed by atoms with Gasteiger partial charge in [0.25, 0.3) is 0 Å². The number of alkyl halides is 3. The molecule has 0 aliphatic carbocycles. The fourth-order valence-corrected chi connectivity index (χ4v) is 3.24. The summed E-state index contributed by atoms with van der Waals surface area (Å²) in [5, 5.41) is 3.33. The van der Waals surface area contributed by atoms with Gasteiger partial charge in [-0.05, 0) is 48.5 Å². The molecule has 2 aromatic carbocycles. The van der Waals surface area contributed by atoms with Gasteiger partial charge in [-0.15, -0.1) is 0 Å². The van der Waals surface area contributed by atoms with E-state index in [0.29, 0.717) is 10.8 Å². The first-order valence-electron chi connectivity index (χ1n) is 8.74. The average Bonchev–Trinajstić information content (AvgIpc) is 3.20. The maximum Gasteiger partial charge on any atom is 0.422 e. The van der Waals surface area contributed by atoms with E-state index in [1.165, 1.54) is 36.0 Å². The molecule has 0 spiro atoms. The molecule has 0 atom stereocenters. The number of hydrogen-bond acceptors (Lipinski definition) is 5. The molecule has 3 aromatic rings. The Morgan fingerprint density at radius 2 is 1.77 bits per heavy atom. The maximum absolute atomic E-state index is 12.2. The number of ether oxygens (including phenoxy) is 2. The Hall–Kier alpha value is -3.14. The summed E-state index contributed by atoms with van der Waals surface area (Å²) in [6.07, 6.45) is -0.965. The molecular formula is C20H18F3N3O3S. The van der Waals surface area contributed by atoms with Crippen LogP contribution in [-0.4, -0.2) is 41.1 Å². The molecule has 10 heteroatoms. The average molecular weight is 437 g/mol. The third-order valence-electron chi connectivity index (χ3n) is 3.83. The van der Waals surface area contributed by atoms with E-state index in [0.717, 1.165) is 11.4 Å². The van der Waals surface area contributed by atoms with Gasteiger partial charge >= 0.3 is 6.18 Å². The van der Waals surface area contributed by atoms with Gasteiger partial charge in [0.05, 0.1) is 12.9 Å². The second-order valence-electron chi connectivity index (χ2n) is 6.04. The van der Waals surface area contributed by atoms with E-state index < -0.39 is 12.8 Å². The molecule has 3 rings (SSSR count). The number of imidazole rings is 1. The summed E-state index contributed by atoms with van der Waals surface area (Å²) in [7, 11) is 1.59. The zero-order valence-corrected chi connectivity index (χ0v) is 16.7. The number of anilines is 1. The molecule has 158 valence electrons. The van der Waals surface area contributed by atoms with Crippen molar-refractivity contribution in [3.63, 3.8) is 0 Å². The first-order chi connectivity index (χ1) is 14.3. The zero-order valence-electron chi connectivity index (χ0n) is 15.8. The molecule has 1 aromatic heterocycles. The van der Waals surface area contributed by atoms with Crippen LogP contribution in [0.1, 0.15) is 0 Å².